The zero-order valence-electron chi connectivity index (χ0n) is 7.53. The molecule has 12 heavy (non-hydrogen) atoms. The molecule has 1 fully saturated rings. The first-order valence-electron chi connectivity index (χ1n) is 4.23. The molecule has 0 spiro atoms. The monoisotopic (exact) mass is 188 g/mol. The summed E-state index contributed by atoms with van der Waals surface area (Å²) in [4.78, 5) is 13.0. The van der Waals surface area contributed by atoms with E-state index >= 15 is 0 Å². The van der Waals surface area contributed by atoms with Crippen molar-refractivity contribution in [3.63, 3.8) is 0 Å². The van der Waals surface area contributed by atoms with Gasteiger partial charge in [0.2, 0.25) is 5.91 Å². The Labute approximate surface area is 78.7 Å². The molecule has 1 amide bonds. The van der Waals surface area contributed by atoms with Crippen LogP contribution < -0.4 is 5.73 Å². The molecule has 3 atom stereocenters. The van der Waals surface area contributed by atoms with Crippen LogP contribution in [0, 0.1) is 5.92 Å². The van der Waals surface area contributed by atoms with Crippen LogP contribution in [0.5, 0.6) is 0 Å². The SMILES string of the molecule is CC(=O)N1CC(S)C(CN)C1C. The quantitative estimate of drug-likeness (QED) is 0.574. The van der Waals surface area contributed by atoms with Crippen molar-refractivity contribution in [3.8, 4) is 0 Å². The van der Waals surface area contributed by atoms with Crippen LogP contribution in [0.25, 0.3) is 0 Å². The number of hydrogen-bond acceptors (Lipinski definition) is 3. The molecule has 1 rings (SSSR count). The summed E-state index contributed by atoms with van der Waals surface area (Å²) in [5.41, 5.74) is 5.59. The molecular formula is C8H16N2OS. The maximum absolute atomic E-state index is 11.1. The van der Waals surface area contributed by atoms with Gasteiger partial charge in [-0.15, -0.1) is 0 Å². The summed E-state index contributed by atoms with van der Waals surface area (Å²) in [5, 5.41) is 0.244. The minimum Gasteiger partial charge on any atom is -0.339 e. The zero-order valence-corrected chi connectivity index (χ0v) is 8.42. The summed E-state index contributed by atoms with van der Waals surface area (Å²) >= 11 is 4.41. The molecule has 2 N–H and O–H groups in total. The van der Waals surface area contributed by atoms with Crippen molar-refractivity contribution in [1.82, 2.24) is 4.90 Å². The lowest BCUT2D eigenvalue weighted by Crippen LogP contribution is -2.36. The number of hydrogen-bond donors (Lipinski definition) is 2. The highest BCUT2D eigenvalue weighted by molar-refractivity contribution is 7.81. The fourth-order valence-electron chi connectivity index (χ4n) is 1.83. The molecule has 1 heterocycles. The van der Waals surface area contributed by atoms with Crippen LogP contribution in [0.3, 0.4) is 0 Å². The van der Waals surface area contributed by atoms with E-state index in [9.17, 15) is 4.79 Å². The van der Waals surface area contributed by atoms with Crippen LogP contribution in [-0.2, 0) is 4.79 Å². The summed E-state index contributed by atoms with van der Waals surface area (Å²) in [5.74, 6) is 0.467. The first-order valence-corrected chi connectivity index (χ1v) is 4.75. The number of nitrogens with zero attached hydrogens (tertiary/aromatic N) is 1. The van der Waals surface area contributed by atoms with E-state index in [1.807, 2.05) is 11.8 Å². The number of carbonyl (C=O) groups is 1. The summed E-state index contributed by atoms with van der Waals surface area (Å²) in [7, 11) is 0. The second kappa shape index (κ2) is 3.66. The minimum absolute atomic E-state index is 0.123. The van der Waals surface area contributed by atoms with Crippen molar-refractivity contribution in [2.24, 2.45) is 11.7 Å². The second-order valence-corrected chi connectivity index (χ2v) is 4.04. The van der Waals surface area contributed by atoms with Crippen LogP contribution in [0.1, 0.15) is 13.8 Å². The van der Waals surface area contributed by atoms with Crippen molar-refractivity contribution in [2.45, 2.75) is 25.1 Å². The van der Waals surface area contributed by atoms with E-state index in [-0.39, 0.29) is 17.2 Å². The molecule has 0 aromatic heterocycles. The molecule has 4 heteroatoms. The standard InChI is InChI=1S/C8H16N2OS/c1-5-7(3-9)8(12)4-10(5)6(2)11/h5,7-8,12H,3-4,9H2,1-2H3. The first-order chi connectivity index (χ1) is 5.57. The molecule has 1 saturated heterocycles. The van der Waals surface area contributed by atoms with Gasteiger partial charge in [-0.3, -0.25) is 4.79 Å². The molecule has 0 saturated carbocycles. The number of rotatable bonds is 1. The smallest absolute Gasteiger partial charge is 0.219 e. The fourth-order valence-corrected chi connectivity index (χ4v) is 2.37. The second-order valence-electron chi connectivity index (χ2n) is 3.38. The third-order valence-corrected chi connectivity index (χ3v) is 3.21. The normalized spacial score (nSPS) is 35.7. The number of likely N-dealkylation sites (tertiary alicyclic amines) is 1. The average molecular weight is 188 g/mol. The molecule has 1 aliphatic heterocycles. The summed E-state index contributed by atoms with van der Waals surface area (Å²) < 4.78 is 0. The Kier molecular flexibility index (Phi) is 3.01. The van der Waals surface area contributed by atoms with Gasteiger partial charge in [0.25, 0.3) is 0 Å². The third kappa shape index (κ3) is 1.59. The lowest BCUT2D eigenvalue weighted by Gasteiger charge is -2.22. The minimum atomic E-state index is 0.123. The Morgan fingerprint density at radius 1 is 1.75 bits per heavy atom. The molecule has 0 radical (unpaired) electrons. The number of thiol groups is 1. The van der Waals surface area contributed by atoms with Gasteiger partial charge in [-0.25, -0.2) is 0 Å². The number of carbonyl (C=O) groups excluding carboxylic acids is 1. The molecule has 0 aliphatic carbocycles. The van der Waals surface area contributed by atoms with E-state index in [1.165, 1.54) is 0 Å². The van der Waals surface area contributed by atoms with E-state index in [1.54, 1.807) is 6.92 Å². The average Bonchev–Trinajstić information content (AvgIpc) is 2.27. The van der Waals surface area contributed by atoms with Crippen molar-refractivity contribution < 1.29 is 4.79 Å². The van der Waals surface area contributed by atoms with E-state index in [0.717, 1.165) is 6.54 Å². The third-order valence-electron chi connectivity index (χ3n) is 2.67. The number of nitrogens with two attached hydrogens (primary N) is 1. The van der Waals surface area contributed by atoms with Gasteiger partial charge in [-0.2, -0.15) is 12.6 Å². The van der Waals surface area contributed by atoms with Gasteiger partial charge in [0.15, 0.2) is 0 Å². The molecule has 70 valence electrons. The Balaban J connectivity index is 2.68. The van der Waals surface area contributed by atoms with Crippen molar-refractivity contribution in [3.05, 3.63) is 0 Å². The molecule has 0 aromatic rings. The summed E-state index contributed by atoms with van der Waals surface area (Å²) in [6.07, 6.45) is 0. The van der Waals surface area contributed by atoms with E-state index in [0.29, 0.717) is 12.5 Å². The molecule has 0 bridgehead atoms. The van der Waals surface area contributed by atoms with Gasteiger partial charge in [-0.05, 0) is 13.5 Å². The highest BCUT2D eigenvalue weighted by atomic mass is 32.1. The van der Waals surface area contributed by atoms with Gasteiger partial charge in [0, 0.05) is 30.7 Å². The summed E-state index contributed by atoms with van der Waals surface area (Å²) in [6, 6.07) is 0.245. The van der Waals surface area contributed by atoms with E-state index < -0.39 is 0 Å². The number of amides is 1. The van der Waals surface area contributed by atoms with Crippen molar-refractivity contribution >= 4 is 18.5 Å². The van der Waals surface area contributed by atoms with Crippen LogP contribution in [0.15, 0.2) is 0 Å². The Bertz CT molecular complexity index is 186. The van der Waals surface area contributed by atoms with Gasteiger partial charge in [-0.1, -0.05) is 0 Å². The fraction of sp³-hybridized carbons (Fsp3) is 0.875. The molecular weight excluding hydrogens is 172 g/mol. The highest BCUT2D eigenvalue weighted by Gasteiger charge is 2.37. The van der Waals surface area contributed by atoms with Gasteiger partial charge in [0.1, 0.15) is 0 Å². The maximum atomic E-state index is 11.1. The molecule has 3 nitrogen and oxygen atoms in total. The van der Waals surface area contributed by atoms with Gasteiger partial charge >= 0.3 is 0 Å². The van der Waals surface area contributed by atoms with Gasteiger partial charge in [0.05, 0.1) is 0 Å². The van der Waals surface area contributed by atoms with Crippen molar-refractivity contribution in [2.75, 3.05) is 13.1 Å². The predicted molar refractivity (Wildman–Crippen MR) is 52.2 cm³/mol. The Morgan fingerprint density at radius 2 is 2.33 bits per heavy atom. The first kappa shape index (κ1) is 9.86. The Hall–Kier alpha value is -0.220. The van der Waals surface area contributed by atoms with E-state index in [4.69, 9.17) is 5.73 Å². The van der Waals surface area contributed by atoms with Crippen LogP contribution >= 0.6 is 12.6 Å². The maximum Gasteiger partial charge on any atom is 0.219 e. The lowest BCUT2D eigenvalue weighted by atomic mass is 10.0. The predicted octanol–water partition coefficient (Wildman–Crippen LogP) is 0.110. The molecule has 3 unspecified atom stereocenters. The lowest BCUT2D eigenvalue weighted by molar-refractivity contribution is -0.129. The van der Waals surface area contributed by atoms with Crippen LogP contribution in [0.4, 0.5) is 0 Å². The molecule has 1 aliphatic rings. The highest BCUT2D eigenvalue weighted by Crippen LogP contribution is 2.27. The largest absolute Gasteiger partial charge is 0.339 e. The van der Waals surface area contributed by atoms with Gasteiger partial charge < -0.3 is 10.6 Å². The van der Waals surface area contributed by atoms with Crippen molar-refractivity contribution in [1.29, 1.82) is 0 Å². The molecule has 0 aromatic carbocycles. The Morgan fingerprint density at radius 3 is 2.58 bits per heavy atom. The van der Waals surface area contributed by atoms with Crippen LogP contribution in [0.2, 0.25) is 0 Å². The topological polar surface area (TPSA) is 46.3 Å². The van der Waals surface area contributed by atoms with E-state index in [2.05, 4.69) is 12.6 Å². The zero-order chi connectivity index (χ0) is 9.30. The van der Waals surface area contributed by atoms with Crippen LogP contribution in [-0.4, -0.2) is 35.2 Å². The summed E-state index contributed by atoms with van der Waals surface area (Å²) in [6.45, 7) is 4.98.